The number of aryl methyl sites for hydroxylation is 2. The zero-order chi connectivity index (χ0) is 19.2. The normalized spacial score (nSPS) is 10.9. The molecule has 1 heterocycles. The number of carbonyl (C=O) groups is 1. The van der Waals surface area contributed by atoms with Crippen molar-refractivity contribution in [2.45, 2.75) is 20.4 Å². The number of hydrogen-bond donors (Lipinski definition) is 1. The molecule has 2 aromatic carbocycles. The minimum Gasteiger partial charge on any atom is -0.497 e. The number of hydrogen-bond acceptors (Lipinski definition) is 4. The monoisotopic (exact) mass is 362 g/mol. The molecule has 0 unspecified atom stereocenters. The van der Waals surface area contributed by atoms with Crippen LogP contribution in [0.5, 0.6) is 5.75 Å². The van der Waals surface area contributed by atoms with Crippen LogP contribution in [-0.4, -0.2) is 29.0 Å². The first-order chi connectivity index (χ1) is 13.0. The first kappa shape index (κ1) is 18.4. The van der Waals surface area contributed by atoms with E-state index in [1.54, 1.807) is 19.4 Å². The van der Waals surface area contributed by atoms with Crippen LogP contribution in [0.4, 0.5) is 0 Å². The lowest BCUT2D eigenvalue weighted by Gasteiger charge is -2.07. The van der Waals surface area contributed by atoms with Gasteiger partial charge in [0.25, 0.3) is 5.91 Å². The topological polar surface area (TPSA) is 68.5 Å². The van der Waals surface area contributed by atoms with Crippen molar-refractivity contribution in [3.63, 3.8) is 0 Å². The van der Waals surface area contributed by atoms with Gasteiger partial charge in [0.2, 0.25) is 0 Å². The SMILES string of the molecule is COc1ccc(/C=N/NC(=O)c2cccc(Cn3nc(C)cc3C)c2)cc1. The average molecular weight is 362 g/mol. The molecule has 0 atom stereocenters. The molecule has 0 spiro atoms. The van der Waals surface area contributed by atoms with Crippen molar-refractivity contribution in [3.05, 3.63) is 82.7 Å². The highest BCUT2D eigenvalue weighted by Gasteiger charge is 2.07. The molecule has 1 aromatic heterocycles. The molecule has 3 rings (SSSR count). The summed E-state index contributed by atoms with van der Waals surface area (Å²) in [5, 5.41) is 8.48. The van der Waals surface area contributed by atoms with Crippen LogP contribution in [-0.2, 0) is 6.54 Å². The Labute approximate surface area is 158 Å². The van der Waals surface area contributed by atoms with Gasteiger partial charge in [-0.1, -0.05) is 12.1 Å². The Kier molecular flexibility index (Phi) is 5.66. The Bertz CT molecular complexity index is 959. The molecule has 0 aliphatic heterocycles. The van der Waals surface area contributed by atoms with Crippen LogP contribution in [0.1, 0.15) is 32.9 Å². The van der Waals surface area contributed by atoms with Gasteiger partial charge in [-0.3, -0.25) is 9.48 Å². The lowest BCUT2D eigenvalue weighted by molar-refractivity contribution is 0.0955. The number of nitrogens with zero attached hydrogens (tertiary/aromatic N) is 3. The molecular weight excluding hydrogens is 340 g/mol. The molecule has 0 saturated heterocycles. The van der Waals surface area contributed by atoms with E-state index in [0.717, 1.165) is 28.3 Å². The number of benzene rings is 2. The molecule has 0 aliphatic rings. The summed E-state index contributed by atoms with van der Waals surface area (Å²) in [4.78, 5) is 12.3. The summed E-state index contributed by atoms with van der Waals surface area (Å²) in [5.41, 5.74) is 7.06. The van der Waals surface area contributed by atoms with E-state index < -0.39 is 0 Å². The summed E-state index contributed by atoms with van der Waals surface area (Å²) >= 11 is 0. The van der Waals surface area contributed by atoms with Gasteiger partial charge in [-0.25, -0.2) is 5.43 Å². The highest BCUT2D eigenvalue weighted by atomic mass is 16.5. The fraction of sp³-hybridized carbons (Fsp3) is 0.190. The molecule has 0 bridgehead atoms. The van der Waals surface area contributed by atoms with Crippen molar-refractivity contribution in [2.75, 3.05) is 7.11 Å². The van der Waals surface area contributed by atoms with Gasteiger partial charge in [0.1, 0.15) is 5.75 Å². The Balaban J connectivity index is 1.64. The van der Waals surface area contributed by atoms with E-state index in [4.69, 9.17) is 4.74 Å². The van der Waals surface area contributed by atoms with Gasteiger partial charge in [-0.05, 0) is 67.4 Å². The molecule has 0 fully saturated rings. The second-order valence-corrected chi connectivity index (χ2v) is 6.26. The van der Waals surface area contributed by atoms with E-state index in [1.807, 2.05) is 67.1 Å². The second-order valence-electron chi connectivity index (χ2n) is 6.26. The highest BCUT2D eigenvalue weighted by molar-refractivity contribution is 5.95. The highest BCUT2D eigenvalue weighted by Crippen LogP contribution is 2.11. The fourth-order valence-electron chi connectivity index (χ4n) is 2.74. The van der Waals surface area contributed by atoms with Gasteiger partial charge in [0.15, 0.2) is 0 Å². The van der Waals surface area contributed by atoms with Crippen molar-refractivity contribution in [2.24, 2.45) is 5.10 Å². The Morgan fingerprint density at radius 3 is 2.63 bits per heavy atom. The molecule has 0 aliphatic carbocycles. The Morgan fingerprint density at radius 2 is 1.96 bits per heavy atom. The van der Waals surface area contributed by atoms with Gasteiger partial charge < -0.3 is 4.74 Å². The Hall–Kier alpha value is -3.41. The minimum absolute atomic E-state index is 0.255. The van der Waals surface area contributed by atoms with Crippen molar-refractivity contribution in [3.8, 4) is 5.75 Å². The molecule has 0 radical (unpaired) electrons. The molecule has 3 aromatic rings. The summed E-state index contributed by atoms with van der Waals surface area (Å²) < 4.78 is 7.04. The number of rotatable bonds is 6. The second kappa shape index (κ2) is 8.31. The quantitative estimate of drug-likeness (QED) is 0.540. The predicted octanol–water partition coefficient (Wildman–Crippen LogP) is 3.32. The maximum absolute atomic E-state index is 12.3. The summed E-state index contributed by atoms with van der Waals surface area (Å²) in [5.74, 6) is 0.519. The molecular formula is C21H22N4O2. The number of carbonyl (C=O) groups excluding carboxylic acids is 1. The van der Waals surface area contributed by atoms with Crippen molar-refractivity contribution < 1.29 is 9.53 Å². The van der Waals surface area contributed by atoms with Crippen molar-refractivity contribution >= 4 is 12.1 Å². The number of ether oxygens (including phenoxy) is 1. The smallest absolute Gasteiger partial charge is 0.271 e. The molecule has 138 valence electrons. The minimum atomic E-state index is -0.255. The van der Waals surface area contributed by atoms with E-state index in [9.17, 15) is 4.79 Å². The van der Waals surface area contributed by atoms with E-state index in [-0.39, 0.29) is 5.91 Å². The lowest BCUT2D eigenvalue weighted by Crippen LogP contribution is -2.18. The third-order valence-electron chi connectivity index (χ3n) is 4.12. The molecule has 1 N–H and O–H groups in total. The number of nitrogens with one attached hydrogen (secondary N) is 1. The van der Waals surface area contributed by atoms with Crippen LogP contribution < -0.4 is 10.2 Å². The lowest BCUT2D eigenvalue weighted by atomic mass is 10.1. The summed E-state index contributed by atoms with van der Waals surface area (Å²) in [7, 11) is 1.62. The summed E-state index contributed by atoms with van der Waals surface area (Å²) in [6, 6.07) is 16.9. The zero-order valence-electron chi connectivity index (χ0n) is 15.6. The van der Waals surface area contributed by atoms with Crippen LogP contribution in [0, 0.1) is 13.8 Å². The largest absolute Gasteiger partial charge is 0.497 e. The molecule has 27 heavy (non-hydrogen) atoms. The zero-order valence-corrected chi connectivity index (χ0v) is 15.6. The van der Waals surface area contributed by atoms with Crippen molar-refractivity contribution in [1.29, 1.82) is 0 Å². The molecule has 1 amide bonds. The third kappa shape index (κ3) is 4.82. The first-order valence-electron chi connectivity index (χ1n) is 8.62. The third-order valence-corrected chi connectivity index (χ3v) is 4.12. The van der Waals surface area contributed by atoms with Crippen LogP contribution in [0.25, 0.3) is 0 Å². The van der Waals surface area contributed by atoms with Crippen LogP contribution in [0.3, 0.4) is 0 Å². The van der Waals surface area contributed by atoms with E-state index in [0.29, 0.717) is 12.1 Å². The summed E-state index contributed by atoms with van der Waals surface area (Å²) in [6.07, 6.45) is 1.59. The van der Waals surface area contributed by atoms with E-state index >= 15 is 0 Å². The fourth-order valence-corrected chi connectivity index (χ4v) is 2.74. The van der Waals surface area contributed by atoms with E-state index in [2.05, 4.69) is 15.6 Å². The van der Waals surface area contributed by atoms with Gasteiger partial charge in [0.05, 0.1) is 25.6 Å². The van der Waals surface area contributed by atoms with Crippen LogP contribution in [0.2, 0.25) is 0 Å². The average Bonchev–Trinajstić information content (AvgIpc) is 2.99. The number of hydrazone groups is 1. The number of amides is 1. The van der Waals surface area contributed by atoms with Crippen LogP contribution >= 0.6 is 0 Å². The number of aromatic nitrogens is 2. The molecule has 6 nitrogen and oxygen atoms in total. The van der Waals surface area contributed by atoms with Gasteiger partial charge in [0, 0.05) is 11.3 Å². The maximum atomic E-state index is 12.3. The van der Waals surface area contributed by atoms with Gasteiger partial charge in [-0.15, -0.1) is 0 Å². The van der Waals surface area contributed by atoms with E-state index in [1.165, 1.54) is 0 Å². The van der Waals surface area contributed by atoms with Gasteiger partial charge in [-0.2, -0.15) is 10.2 Å². The predicted molar refractivity (Wildman–Crippen MR) is 105 cm³/mol. The molecule has 6 heteroatoms. The Morgan fingerprint density at radius 1 is 1.19 bits per heavy atom. The van der Waals surface area contributed by atoms with Crippen molar-refractivity contribution in [1.82, 2.24) is 15.2 Å². The first-order valence-corrected chi connectivity index (χ1v) is 8.62. The molecule has 0 saturated carbocycles. The standard InChI is InChI=1S/C21H22N4O2/c1-15-11-16(2)25(24-15)14-18-5-4-6-19(12-18)21(26)23-22-13-17-7-9-20(27-3)10-8-17/h4-13H,14H2,1-3H3,(H,23,26)/b22-13+. The summed E-state index contributed by atoms with van der Waals surface area (Å²) in [6.45, 7) is 4.61. The van der Waals surface area contributed by atoms with Gasteiger partial charge >= 0.3 is 0 Å². The van der Waals surface area contributed by atoms with Crippen LogP contribution in [0.15, 0.2) is 59.7 Å². The number of methoxy groups -OCH3 is 1. The maximum Gasteiger partial charge on any atom is 0.271 e.